The van der Waals surface area contributed by atoms with Crippen LogP contribution >= 0.6 is 0 Å². The van der Waals surface area contributed by atoms with Gasteiger partial charge in [-0.2, -0.15) is 0 Å². The number of hydrogen-bond acceptors (Lipinski definition) is 3. The molecule has 2 aromatic carbocycles. The summed E-state index contributed by atoms with van der Waals surface area (Å²) in [7, 11) is 0. The molecule has 0 saturated carbocycles. The zero-order valence-electron chi connectivity index (χ0n) is 10.2. The summed E-state index contributed by atoms with van der Waals surface area (Å²) in [4.78, 5) is 0. The Kier molecular flexibility index (Phi) is 3.55. The summed E-state index contributed by atoms with van der Waals surface area (Å²) in [6.07, 6.45) is 0. The molecule has 0 aliphatic rings. The number of phenols is 2. The molecule has 5 heteroatoms. The maximum Gasteiger partial charge on any atom is 0.149 e. The second kappa shape index (κ2) is 5.14. The van der Waals surface area contributed by atoms with Gasteiger partial charge in [0.2, 0.25) is 0 Å². The van der Waals surface area contributed by atoms with E-state index in [0.717, 1.165) is 12.1 Å². The third kappa shape index (κ3) is 2.93. The number of halogens is 2. The van der Waals surface area contributed by atoms with Crippen molar-refractivity contribution in [1.82, 2.24) is 0 Å². The van der Waals surface area contributed by atoms with Crippen molar-refractivity contribution >= 4 is 5.69 Å². The highest BCUT2D eigenvalue weighted by atomic mass is 19.1. The molecule has 2 aromatic rings. The summed E-state index contributed by atoms with van der Waals surface area (Å²) in [6.45, 7) is 1.72. The Morgan fingerprint density at radius 2 is 1.79 bits per heavy atom. The van der Waals surface area contributed by atoms with Gasteiger partial charge in [0.15, 0.2) is 0 Å². The number of benzene rings is 2. The van der Waals surface area contributed by atoms with Crippen molar-refractivity contribution in [2.75, 3.05) is 5.32 Å². The molecule has 0 aliphatic carbocycles. The van der Waals surface area contributed by atoms with Crippen LogP contribution in [0.5, 0.6) is 11.5 Å². The van der Waals surface area contributed by atoms with E-state index in [0.29, 0.717) is 5.56 Å². The minimum Gasteiger partial charge on any atom is -0.508 e. The van der Waals surface area contributed by atoms with Crippen LogP contribution in [0.3, 0.4) is 0 Å². The number of hydrogen-bond donors (Lipinski definition) is 3. The predicted molar refractivity (Wildman–Crippen MR) is 68.2 cm³/mol. The van der Waals surface area contributed by atoms with E-state index in [1.54, 1.807) is 6.92 Å². The highest BCUT2D eigenvalue weighted by Gasteiger charge is 2.13. The Hall–Kier alpha value is -2.30. The molecule has 0 aromatic heterocycles. The average molecular weight is 265 g/mol. The van der Waals surface area contributed by atoms with Gasteiger partial charge in [-0.05, 0) is 31.2 Å². The van der Waals surface area contributed by atoms with Crippen molar-refractivity contribution in [3.8, 4) is 11.5 Å². The lowest BCUT2D eigenvalue weighted by Crippen LogP contribution is -2.08. The van der Waals surface area contributed by atoms with Gasteiger partial charge in [-0.25, -0.2) is 8.78 Å². The van der Waals surface area contributed by atoms with Gasteiger partial charge in [0.25, 0.3) is 0 Å². The fraction of sp³-hybridized carbons (Fsp3) is 0.143. The normalized spacial score (nSPS) is 12.2. The molecule has 19 heavy (non-hydrogen) atoms. The summed E-state index contributed by atoms with van der Waals surface area (Å²) in [5.74, 6) is -1.50. The first-order valence-corrected chi connectivity index (χ1v) is 5.71. The zero-order valence-corrected chi connectivity index (χ0v) is 10.2. The first-order chi connectivity index (χ1) is 8.97. The standard InChI is InChI=1S/C14H13F2NO2/c1-8(11-4-3-10(18)7-14(11)19)17-13-5-2-9(15)6-12(13)16/h2-8,17-19H,1H3. The molecule has 2 rings (SSSR count). The number of rotatable bonds is 3. The van der Waals surface area contributed by atoms with Crippen LogP contribution in [-0.2, 0) is 0 Å². The molecule has 0 spiro atoms. The summed E-state index contributed by atoms with van der Waals surface area (Å²) in [6, 6.07) is 6.98. The largest absolute Gasteiger partial charge is 0.508 e. The number of nitrogens with one attached hydrogen (secondary N) is 1. The van der Waals surface area contributed by atoms with Crippen LogP contribution in [0.4, 0.5) is 14.5 Å². The van der Waals surface area contributed by atoms with Gasteiger partial charge >= 0.3 is 0 Å². The molecule has 0 fully saturated rings. The van der Waals surface area contributed by atoms with Crippen LogP contribution in [0.1, 0.15) is 18.5 Å². The van der Waals surface area contributed by atoms with E-state index in [-0.39, 0.29) is 17.2 Å². The van der Waals surface area contributed by atoms with Crippen LogP contribution < -0.4 is 5.32 Å². The molecule has 0 bridgehead atoms. The van der Waals surface area contributed by atoms with E-state index < -0.39 is 17.7 Å². The molecule has 0 saturated heterocycles. The quantitative estimate of drug-likeness (QED) is 0.795. The van der Waals surface area contributed by atoms with Gasteiger partial charge in [-0.15, -0.1) is 0 Å². The van der Waals surface area contributed by atoms with Crippen LogP contribution in [0.2, 0.25) is 0 Å². The molecule has 1 unspecified atom stereocenters. The molecule has 1 atom stereocenters. The fourth-order valence-electron chi connectivity index (χ4n) is 1.82. The smallest absolute Gasteiger partial charge is 0.149 e. The summed E-state index contributed by atoms with van der Waals surface area (Å²) < 4.78 is 26.3. The van der Waals surface area contributed by atoms with Crippen molar-refractivity contribution in [2.45, 2.75) is 13.0 Å². The Balaban J connectivity index is 2.23. The number of anilines is 1. The molecule has 3 nitrogen and oxygen atoms in total. The van der Waals surface area contributed by atoms with E-state index in [4.69, 9.17) is 0 Å². The van der Waals surface area contributed by atoms with Crippen molar-refractivity contribution in [3.63, 3.8) is 0 Å². The van der Waals surface area contributed by atoms with Gasteiger partial charge in [0, 0.05) is 17.7 Å². The summed E-state index contributed by atoms with van der Waals surface area (Å²) in [5.41, 5.74) is 0.642. The molecular formula is C14H13F2NO2. The highest BCUT2D eigenvalue weighted by molar-refractivity contribution is 5.49. The van der Waals surface area contributed by atoms with Crippen LogP contribution in [0.15, 0.2) is 36.4 Å². The van der Waals surface area contributed by atoms with E-state index >= 15 is 0 Å². The molecule has 0 heterocycles. The molecule has 100 valence electrons. The second-order valence-electron chi connectivity index (χ2n) is 4.23. The minimum absolute atomic E-state index is 0.0542. The van der Waals surface area contributed by atoms with E-state index in [1.165, 1.54) is 24.3 Å². The molecule has 3 N–H and O–H groups in total. The van der Waals surface area contributed by atoms with Crippen LogP contribution in [-0.4, -0.2) is 10.2 Å². The topological polar surface area (TPSA) is 52.5 Å². The first-order valence-electron chi connectivity index (χ1n) is 5.71. The van der Waals surface area contributed by atoms with Crippen molar-refractivity contribution in [1.29, 1.82) is 0 Å². The maximum absolute atomic E-state index is 13.5. The first kappa shape index (κ1) is 13.1. The number of phenolic OH excluding ortho intramolecular Hbond substituents is 2. The Morgan fingerprint density at radius 1 is 1.05 bits per heavy atom. The van der Waals surface area contributed by atoms with Crippen molar-refractivity contribution in [3.05, 3.63) is 53.6 Å². The Bertz CT molecular complexity index is 602. The van der Waals surface area contributed by atoms with E-state index in [2.05, 4.69) is 5.32 Å². The van der Waals surface area contributed by atoms with Crippen LogP contribution in [0, 0.1) is 11.6 Å². The van der Waals surface area contributed by atoms with Gasteiger partial charge in [0.05, 0.1) is 11.7 Å². The predicted octanol–water partition coefficient (Wildman–Crippen LogP) is 3.55. The third-order valence-corrected chi connectivity index (χ3v) is 2.78. The molecule has 0 amide bonds. The van der Waals surface area contributed by atoms with Gasteiger partial charge in [-0.3, -0.25) is 0 Å². The fourth-order valence-corrected chi connectivity index (χ4v) is 1.82. The molecular weight excluding hydrogens is 252 g/mol. The lowest BCUT2D eigenvalue weighted by Gasteiger charge is -2.17. The number of aromatic hydroxyl groups is 2. The zero-order chi connectivity index (χ0) is 14.0. The average Bonchev–Trinajstić information content (AvgIpc) is 2.32. The molecule has 0 radical (unpaired) electrons. The highest BCUT2D eigenvalue weighted by Crippen LogP contribution is 2.30. The molecule has 0 aliphatic heterocycles. The summed E-state index contributed by atoms with van der Waals surface area (Å²) in [5, 5.41) is 21.7. The third-order valence-electron chi connectivity index (χ3n) is 2.78. The SMILES string of the molecule is CC(Nc1ccc(F)cc1F)c1ccc(O)cc1O. The van der Waals surface area contributed by atoms with Gasteiger partial charge in [-0.1, -0.05) is 0 Å². The van der Waals surface area contributed by atoms with Gasteiger partial charge < -0.3 is 15.5 Å². The maximum atomic E-state index is 13.5. The lowest BCUT2D eigenvalue weighted by atomic mass is 10.1. The minimum atomic E-state index is -0.704. The van der Waals surface area contributed by atoms with Crippen LogP contribution in [0.25, 0.3) is 0 Å². The Morgan fingerprint density at radius 3 is 2.42 bits per heavy atom. The summed E-state index contributed by atoms with van der Waals surface area (Å²) >= 11 is 0. The lowest BCUT2D eigenvalue weighted by molar-refractivity contribution is 0.444. The van der Waals surface area contributed by atoms with E-state index in [1.807, 2.05) is 0 Å². The Labute approximate surface area is 109 Å². The van der Waals surface area contributed by atoms with E-state index in [9.17, 15) is 19.0 Å². The van der Waals surface area contributed by atoms with Crippen molar-refractivity contribution in [2.24, 2.45) is 0 Å². The monoisotopic (exact) mass is 265 g/mol. The van der Waals surface area contributed by atoms with Gasteiger partial charge in [0.1, 0.15) is 23.1 Å². The van der Waals surface area contributed by atoms with Crippen molar-refractivity contribution < 1.29 is 19.0 Å². The second-order valence-corrected chi connectivity index (χ2v) is 4.23.